The quantitative estimate of drug-likeness (QED) is 0.382. The van der Waals surface area contributed by atoms with E-state index in [1.165, 1.54) is 10.6 Å². The third kappa shape index (κ3) is 7.30. The molecular weight excluding hydrogens is 560 g/mol. The minimum atomic E-state index is -3.31. The lowest BCUT2D eigenvalue weighted by molar-refractivity contribution is -0.140. The molecule has 0 radical (unpaired) electrons. The average Bonchev–Trinajstić information content (AvgIpc) is 3.58. The van der Waals surface area contributed by atoms with E-state index < -0.39 is 22.0 Å². The highest BCUT2D eigenvalue weighted by Crippen LogP contribution is 2.24. The maximum atomic E-state index is 13.6. The Kier molecular flexibility index (Phi) is 9.16. The van der Waals surface area contributed by atoms with Gasteiger partial charge in [-0.05, 0) is 76.1 Å². The van der Waals surface area contributed by atoms with E-state index in [1.807, 2.05) is 36.1 Å². The van der Waals surface area contributed by atoms with Gasteiger partial charge >= 0.3 is 0 Å². The van der Waals surface area contributed by atoms with Crippen LogP contribution in [0.1, 0.15) is 50.7 Å². The summed E-state index contributed by atoms with van der Waals surface area (Å²) in [6, 6.07) is 6.68. The summed E-state index contributed by atoms with van der Waals surface area (Å²) in [5.74, 6) is -0.0176. The van der Waals surface area contributed by atoms with Crippen molar-refractivity contribution in [1.29, 1.82) is 0 Å². The summed E-state index contributed by atoms with van der Waals surface area (Å²) in [5, 5.41) is 6.97. The molecule has 0 aliphatic carbocycles. The van der Waals surface area contributed by atoms with E-state index in [1.54, 1.807) is 4.90 Å². The fourth-order valence-corrected chi connectivity index (χ4v) is 6.78. The first kappa shape index (κ1) is 30.0. The van der Waals surface area contributed by atoms with E-state index >= 15 is 0 Å². The first-order chi connectivity index (χ1) is 20.1. The summed E-state index contributed by atoms with van der Waals surface area (Å²) in [5.41, 5.74) is 1.40. The van der Waals surface area contributed by atoms with E-state index in [0.717, 1.165) is 55.5 Å². The molecule has 5 rings (SSSR count). The molecule has 1 unspecified atom stereocenters. The second-order valence-electron chi connectivity index (χ2n) is 11.5. The smallest absolute Gasteiger partial charge is 0.247 e. The van der Waals surface area contributed by atoms with Gasteiger partial charge in [0.15, 0.2) is 0 Å². The van der Waals surface area contributed by atoms with E-state index in [4.69, 9.17) is 9.41 Å². The number of likely N-dealkylation sites (tertiary alicyclic amines) is 2. The van der Waals surface area contributed by atoms with Gasteiger partial charge in [0.1, 0.15) is 17.4 Å². The van der Waals surface area contributed by atoms with Gasteiger partial charge in [0.2, 0.25) is 33.7 Å². The Hall–Kier alpha value is -3.45. The monoisotopic (exact) mass is 600 g/mol. The van der Waals surface area contributed by atoms with Crippen molar-refractivity contribution in [3.8, 4) is 0 Å². The van der Waals surface area contributed by atoms with Crippen LogP contribution in [0.2, 0.25) is 0 Å². The molecule has 0 spiro atoms. The van der Waals surface area contributed by atoms with Crippen molar-refractivity contribution in [2.75, 3.05) is 50.8 Å². The topological polar surface area (TPSA) is 145 Å². The third-order valence-electron chi connectivity index (χ3n) is 8.26. The maximum Gasteiger partial charge on any atom is 0.247 e. The number of hydrogen-bond acceptors (Lipinski definition) is 7. The second-order valence-corrected chi connectivity index (χ2v) is 13.5. The number of carbonyl (C=O) groups excluding carboxylic acids is 3. The van der Waals surface area contributed by atoms with Crippen LogP contribution in [-0.4, -0.2) is 97.8 Å². The number of rotatable bonds is 6. The first-order valence-corrected chi connectivity index (χ1v) is 16.6. The summed E-state index contributed by atoms with van der Waals surface area (Å²) >= 11 is 0. The van der Waals surface area contributed by atoms with Crippen LogP contribution in [0, 0.1) is 12.8 Å². The van der Waals surface area contributed by atoms with Crippen LogP contribution in [0.4, 0.5) is 5.69 Å². The van der Waals surface area contributed by atoms with E-state index in [-0.39, 0.29) is 43.3 Å². The van der Waals surface area contributed by atoms with E-state index in [9.17, 15) is 22.8 Å². The molecule has 42 heavy (non-hydrogen) atoms. The van der Waals surface area contributed by atoms with Crippen molar-refractivity contribution in [3.05, 3.63) is 30.0 Å². The molecule has 1 atom stereocenters. The maximum absolute atomic E-state index is 13.6. The van der Waals surface area contributed by atoms with Gasteiger partial charge in [-0.25, -0.2) is 17.7 Å². The van der Waals surface area contributed by atoms with Gasteiger partial charge in [-0.15, -0.1) is 0 Å². The van der Waals surface area contributed by atoms with E-state index in [2.05, 4.69) is 10.6 Å². The summed E-state index contributed by atoms with van der Waals surface area (Å²) in [7, 11) is -3.31. The summed E-state index contributed by atoms with van der Waals surface area (Å²) < 4.78 is 30.9. The lowest BCUT2D eigenvalue weighted by Crippen LogP contribution is -2.47. The third-order valence-corrected chi connectivity index (χ3v) is 9.56. The molecule has 0 bridgehead atoms. The Labute approximate surface area is 246 Å². The van der Waals surface area contributed by atoms with Gasteiger partial charge in [0.25, 0.3) is 0 Å². The minimum absolute atomic E-state index is 0.0371. The summed E-state index contributed by atoms with van der Waals surface area (Å²) in [4.78, 5) is 47.9. The molecule has 3 amide bonds. The second kappa shape index (κ2) is 12.8. The van der Waals surface area contributed by atoms with Crippen LogP contribution in [-0.2, 0) is 24.4 Å². The molecule has 2 N–H and O–H groups in total. The Morgan fingerprint density at radius 3 is 2.43 bits per heavy atom. The zero-order valence-corrected chi connectivity index (χ0v) is 25.1. The van der Waals surface area contributed by atoms with Gasteiger partial charge < -0.3 is 19.5 Å². The van der Waals surface area contributed by atoms with Gasteiger partial charge in [-0.3, -0.25) is 19.7 Å². The van der Waals surface area contributed by atoms with Crippen LogP contribution in [0.5, 0.6) is 0 Å². The Morgan fingerprint density at radius 1 is 1.00 bits per heavy atom. The van der Waals surface area contributed by atoms with Crippen molar-refractivity contribution in [2.45, 2.75) is 57.9 Å². The van der Waals surface area contributed by atoms with Crippen LogP contribution >= 0.6 is 0 Å². The fourth-order valence-electron chi connectivity index (χ4n) is 5.90. The number of piperidine rings is 1. The number of benzene rings is 1. The normalized spacial score (nSPS) is 21.5. The molecule has 2 aromatic rings. The number of amides is 3. The van der Waals surface area contributed by atoms with Crippen molar-refractivity contribution < 1.29 is 27.2 Å². The fraction of sp³-hybridized carbons (Fsp3) is 0.586. The predicted molar refractivity (Wildman–Crippen MR) is 159 cm³/mol. The minimum Gasteiger partial charge on any atom is -0.461 e. The number of hydrogen-bond donors (Lipinski definition) is 2. The number of anilines is 1. The molecular formula is C29H40N6O6S. The molecule has 228 valence electrons. The van der Waals surface area contributed by atoms with Crippen LogP contribution in [0.15, 0.2) is 33.7 Å². The molecule has 1 aromatic carbocycles. The first-order valence-electron chi connectivity index (χ1n) is 14.7. The number of aryl methyl sites for hydroxylation is 1. The molecule has 4 heterocycles. The molecule has 3 aliphatic rings. The number of furan rings is 1. The van der Waals surface area contributed by atoms with Crippen molar-refractivity contribution >= 4 is 50.4 Å². The van der Waals surface area contributed by atoms with Crippen molar-refractivity contribution in [1.82, 2.24) is 19.4 Å². The Balaban J connectivity index is 1.35. The highest BCUT2D eigenvalue weighted by Gasteiger charge is 2.32. The number of nitrogens with zero attached hydrogens (tertiary/aromatic N) is 4. The van der Waals surface area contributed by atoms with Gasteiger partial charge in [0.05, 0.1) is 12.8 Å². The molecule has 3 fully saturated rings. The number of nitrogens with one attached hydrogen (secondary N) is 2. The number of sulfonamides is 1. The van der Waals surface area contributed by atoms with Crippen molar-refractivity contribution in [2.24, 2.45) is 10.9 Å². The Bertz CT molecular complexity index is 1460. The highest BCUT2D eigenvalue weighted by atomic mass is 32.2. The predicted octanol–water partition coefficient (Wildman–Crippen LogP) is 2.30. The van der Waals surface area contributed by atoms with Crippen LogP contribution < -0.4 is 10.6 Å². The average molecular weight is 601 g/mol. The Morgan fingerprint density at radius 2 is 1.71 bits per heavy atom. The standard InChI is InChI=1S/C29H40N6O6S/c1-20-17-22-18-23(8-9-25(22)41-20)30-29(32-27(37)21-10-15-35(16-11-21)42(2,39)40)31-24-7-3-4-14-34(28(24)38)19-26(36)33-12-5-6-13-33/h8-9,17-18,21,24H,3-7,10-16,19H2,1-2H3,(H2,30,31,32,37). The van der Waals surface area contributed by atoms with E-state index in [0.29, 0.717) is 31.5 Å². The molecule has 3 saturated heterocycles. The highest BCUT2D eigenvalue weighted by molar-refractivity contribution is 7.88. The largest absolute Gasteiger partial charge is 0.461 e. The van der Waals surface area contributed by atoms with Gasteiger partial charge in [0, 0.05) is 49.7 Å². The zero-order valence-electron chi connectivity index (χ0n) is 24.3. The number of carbonyl (C=O) groups is 3. The lowest BCUT2D eigenvalue weighted by atomic mass is 9.97. The number of fused-ring (bicyclic) bond motifs is 1. The van der Waals surface area contributed by atoms with Gasteiger partial charge in [-0.1, -0.05) is 0 Å². The summed E-state index contributed by atoms with van der Waals surface area (Å²) in [6.45, 7) is 4.40. The molecule has 12 nitrogen and oxygen atoms in total. The lowest BCUT2D eigenvalue weighted by Gasteiger charge is -2.29. The zero-order chi connectivity index (χ0) is 29.9. The van der Waals surface area contributed by atoms with Crippen LogP contribution in [0.3, 0.4) is 0 Å². The molecule has 13 heteroatoms. The number of guanidine groups is 1. The van der Waals surface area contributed by atoms with Gasteiger partial charge in [-0.2, -0.15) is 0 Å². The molecule has 1 aromatic heterocycles. The summed E-state index contributed by atoms with van der Waals surface area (Å²) in [6.07, 6.45) is 5.96. The SMILES string of the molecule is Cc1cc2cc(NC(=NC3CCCCN(CC(=O)N4CCCC4)C3=O)NC(=O)C3CCN(S(C)(=O)=O)CC3)ccc2o1. The van der Waals surface area contributed by atoms with Crippen molar-refractivity contribution in [3.63, 3.8) is 0 Å². The number of aliphatic imine (C=N–C) groups is 1. The molecule has 0 saturated carbocycles. The van der Waals surface area contributed by atoms with Crippen LogP contribution in [0.25, 0.3) is 11.0 Å². The molecule has 3 aliphatic heterocycles.